The van der Waals surface area contributed by atoms with E-state index in [0.29, 0.717) is 17.5 Å². The van der Waals surface area contributed by atoms with Gasteiger partial charge < -0.3 is 5.32 Å². The molecule has 4 heteroatoms. The predicted octanol–water partition coefficient (Wildman–Crippen LogP) is 6.49. The first kappa shape index (κ1) is 21.3. The molecule has 0 aliphatic carbocycles. The van der Waals surface area contributed by atoms with E-state index in [2.05, 4.69) is 30.4 Å². The second-order valence-corrected chi connectivity index (χ2v) is 6.64. The number of hydrogen-bond acceptors (Lipinski definition) is 2. The quantitative estimate of drug-likeness (QED) is 0.397. The van der Waals surface area contributed by atoms with Gasteiger partial charge >= 0.3 is 0 Å². The number of benzene rings is 1. The normalized spacial score (nSPS) is 12.0. The van der Waals surface area contributed by atoms with Crippen molar-refractivity contribution in [2.75, 3.05) is 0 Å². The van der Waals surface area contributed by atoms with Gasteiger partial charge in [0.2, 0.25) is 5.95 Å². The Labute approximate surface area is 166 Å². The van der Waals surface area contributed by atoms with Gasteiger partial charge in [0.05, 0.1) is 0 Å². The average Bonchev–Trinajstić information content (AvgIpc) is 2.66. The summed E-state index contributed by atoms with van der Waals surface area (Å²) in [6.45, 7) is 11.9. The smallest absolute Gasteiger partial charge is 0.213 e. The fourth-order valence-corrected chi connectivity index (χ4v) is 2.75. The van der Waals surface area contributed by atoms with E-state index in [9.17, 15) is 8.78 Å². The number of rotatable bonds is 9. The van der Waals surface area contributed by atoms with Crippen LogP contribution in [0.1, 0.15) is 32.3 Å². The molecule has 0 unspecified atom stereocenters. The van der Waals surface area contributed by atoms with E-state index >= 15 is 0 Å². The van der Waals surface area contributed by atoms with Crippen LogP contribution < -0.4 is 5.32 Å². The van der Waals surface area contributed by atoms with Gasteiger partial charge in [-0.1, -0.05) is 56.4 Å². The standard InChI is InChI=1S/C24H26F2N2/c1-5-7-21(10-8-17(3)6-2)28-18(4)14-19-9-11-22(23(25)15-19)20-12-13-27-24(26)16-20/h6,8-13,15-16,28H,2,4-5,7,14H2,1,3H3/b17-8-,21-10+. The van der Waals surface area contributed by atoms with Gasteiger partial charge in [0.25, 0.3) is 0 Å². The summed E-state index contributed by atoms with van der Waals surface area (Å²) < 4.78 is 27.8. The first-order valence-corrected chi connectivity index (χ1v) is 9.28. The minimum atomic E-state index is -0.630. The molecule has 0 saturated heterocycles. The molecule has 1 aromatic carbocycles. The molecule has 0 aliphatic rings. The van der Waals surface area contributed by atoms with Crippen LogP contribution in [0.3, 0.4) is 0 Å². The van der Waals surface area contributed by atoms with E-state index in [0.717, 1.165) is 35.4 Å². The van der Waals surface area contributed by atoms with Gasteiger partial charge in [0, 0.05) is 35.6 Å². The molecule has 2 rings (SSSR count). The lowest BCUT2D eigenvalue weighted by Crippen LogP contribution is -2.14. The molecule has 0 radical (unpaired) electrons. The highest BCUT2D eigenvalue weighted by atomic mass is 19.1. The van der Waals surface area contributed by atoms with Crippen LogP contribution in [0.15, 0.2) is 84.9 Å². The molecule has 0 amide bonds. The third kappa shape index (κ3) is 6.31. The van der Waals surface area contributed by atoms with Gasteiger partial charge in [-0.05, 0) is 42.7 Å². The summed E-state index contributed by atoms with van der Waals surface area (Å²) in [7, 11) is 0. The molecular weight excluding hydrogens is 354 g/mol. The van der Waals surface area contributed by atoms with Gasteiger partial charge in [-0.15, -0.1) is 0 Å². The van der Waals surface area contributed by atoms with Crippen molar-refractivity contribution in [2.24, 2.45) is 0 Å². The zero-order valence-electron chi connectivity index (χ0n) is 16.4. The van der Waals surface area contributed by atoms with E-state index < -0.39 is 11.8 Å². The second kappa shape index (κ2) is 10.4. The molecule has 1 aromatic heterocycles. The highest BCUT2D eigenvalue weighted by Gasteiger charge is 2.09. The van der Waals surface area contributed by atoms with E-state index in [4.69, 9.17) is 0 Å². The van der Waals surface area contributed by atoms with E-state index in [-0.39, 0.29) is 0 Å². The summed E-state index contributed by atoms with van der Waals surface area (Å²) in [6, 6.07) is 7.76. The van der Waals surface area contributed by atoms with Crippen LogP contribution >= 0.6 is 0 Å². The molecule has 0 saturated carbocycles. The fraction of sp³-hybridized carbons (Fsp3) is 0.208. The predicted molar refractivity (Wildman–Crippen MR) is 113 cm³/mol. The van der Waals surface area contributed by atoms with Crippen molar-refractivity contribution < 1.29 is 8.78 Å². The van der Waals surface area contributed by atoms with Crippen molar-refractivity contribution in [2.45, 2.75) is 33.1 Å². The maximum atomic E-state index is 14.5. The molecule has 146 valence electrons. The fourth-order valence-electron chi connectivity index (χ4n) is 2.75. The van der Waals surface area contributed by atoms with Gasteiger partial charge in [-0.25, -0.2) is 9.37 Å². The van der Waals surface area contributed by atoms with Crippen LogP contribution in [-0.2, 0) is 6.42 Å². The number of nitrogens with zero attached hydrogens (tertiary/aromatic N) is 1. The Morgan fingerprint density at radius 2 is 1.96 bits per heavy atom. The summed E-state index contributed by atoms with van der Waals surface area (Å²) in [5.74, 6) is -1.03. The number of hydrogen-bond donors (Lipinski definition) is 1. The molecule has 28 heavy (non-hydrogen) atoms. The molecular formula is C24H26F2N2. The first-order chi connectivity index (χ1) is 13.4. The summed E-state index contributed by atoms with van der Waals surface area (Å²) in [5, 5.41) is 3.33. The Morgan fingerprint density at radius 3 is 2.61 bits per heavy atom. The molecule has 0 spiro atoms. The van der Waals surface area contributed by atoms with Gasteiger partial charge in [-0.2, -0.15) is 4.39 Å². The van der Waals surface area contributed by atoms with Crippen molar-refractivity contribution >= 4 is 0 Å². The average molecular weight is 380 g/mol. The lowest BCUT2D eigenvalue weighted by Gasteiger charge is -2.13. The van der Waals surface area contributed by atoms with E-state index in [1.165, 1.54) is 18.3 Å². The van der Waals surface area contributed by atoms with Crippen LogP contribution in [-0.4, -0.2) is 4.98 Å². The number of nitrogens with one attached hydrogen (secondary N) is 1. The Hall–Kier alpha value is -3.01. The van der Waals surface area contributed by atoms with Crippen molar-refractivity contribution in [3.8, 4) is 11.1 Å². The molecule has 0 fully saturated rings. The Bertz CT molecular complexity index is 911. The van der Waals surface area contributed by atoms with Crippen molar-refractivity contribution in [3.05, 3.63) is 102 Å². The van der Waals surface area contributed by atoms with Crippen LogP contribution in [0, 0.1) is 11.8 Å². The van der Waals surface area contributed by atoms with Crippen molar-refractivity contribution in [1.82, 2.24) is 10.3 Å². The minimum Gasteiger partial charge on any atom is -0.362 e. The number of halogens is 2. The molecule has 1 heterocycles. The largest absolute Gasteiger partial charge is 0.362 e. The SMILES string of the molecule is C=C/C(C)=C\C=C(/CCC)NC(=C)Cc1ccc(-c2ccnc(F)c2)c(F)c1. The van der Waals surface area contributed by atoms with Crippen molar-refractivity contribution in [3.63, 3.8) is 0 Å². The topological polar surface area (TPSA) is 24.9 Å². The maximum Gasteiger partial charge on any atom is 0.213 e. The molecule has 2 nitrogen and oxygen atoms in total. The van der Waals surface area contributed by atoms with Crippen LogP contribution in [0.4, 0.5) is 8.78 Å². The molecule has 0 atom stereocenters. The monoisotopic (exact) mass is 380 g/mol. The van der Waals surface area contributed by atoms with Crippen LogP contribution in [0.5, 0.6) is 0 Å². The highest BCUT2D eigenvalue weighted by molar-refractivity contribution is 5.64. The molecule has 0 bridgehead atoms. The highest BCUT2D eigenvalue weighted by Crippen LogP contribution is 2.24. The minimum absolute atomic E-state index is 0.347. The summed E-state index contributed by atoms with van der Waals surface area (Å²) in [4.78, 5) is 3.50. The Balaban J connectivity index is 2.11. The zero-order valence-corrected chi connectivity index (χ0v) is 16.4. The van der Waals surface area contributed by atoms with Crippen LogP contribution in [0.25, 0.3) is 11.1 Å². The van der Waals surface area contributed by atoms with Gasteiger partial charge in [0.15, 0.2) is 0 Å². The summed E-state index contributed by atoms with van der Waals surface area (Å²) in [6.07, 6.45) is 9.53. The molecule has 2 aromatic rings. The van der Waals surface area contributed by atoms with Crippen LogP contribution in [0.2, 0.25) is 0 Å². The third-order valence-electron chi connectivity index (χ3n) is 4.21. The maximum absolute atomic E-state index is 14.5. The summed E-state index contributed by atoms with van der Waals surface area (Å²) >= 11 is 0. The number of aromatic nitrogens is 1. The lowest BCUT2D eigenvalue weighted by atomic mass is 10.0. The molecule has 0 aliphatic heterocycles. The van der Waals surface area contributed by atoms with E-state index in [1.54, 1.807) is 18.2 Å². The lowest BCUT2D eigenvalue weighted by molar-refractivity contribution is 0.584. The molecule has 1 N–H and O–H groups in total. The third-order valence-corrected chi connectivity index (χ3v) is 4.21. The van der Waals surface area contributed by atoms with Gasteiger partial charge in [-0.3, -0.25) is 0 Å². The Morgan fingerprint density at radius 1 is 1.18 bits per heavy atom. The van der Waals surface area contributed by atoms with E-state index in [1.807, 2.05) is 25.1 Å². The second-order valence-electron chi connectivity index (χ2n) is 6.64. The first-order valence-electron chi connectivity index (χ1n) is 9.28. The number of pyridine rings is 1. The van der Waals surface area contributed by atoms with Gasteiger partial charge in [0.1, 0.15) is 5.82 Å². The number of allylic oxidation sites excluding steroid dienone is 6. The zero-order chi connectivity index (χ0) is 20.5. The van der Waals surface area contributed by atoms with Crippen molar-refractivity contribution in [1.29, 1.82) is 0 Å². The Kier molecular flexibility index (Phi) is 7.88. The summed E-state index contributed by atoms with van der Waals surface area (Å²) in [5.41, 5.74) is 4.52.